The summed E-state index contributed by atoms with van der Waals surface area (Å²) in [6.07, 6.45) is 1.32. The van der Waals surface area contributed by atoms with Crippen molar-refractivity contribution >= 4 is 17.9 Å². The van der Waals surface area contributed by atoms with Crippen LogP contribution < -0.4 is 0 Å². The van der Waals surface area contributed by atoms with Gasteiger partial charge in [0.2, 0.25) is 0 Å². The van der Waals surface area contributed by atoms with E-state index in [1.54, 1.807) is 0 Å². The SMILES string of the molecule is C=CC(=O)OCCOC(=O)C1CC1C(=O)O. The Kier molecular flexibility index (Phi) is 4.04. The molecular weight excluding hydrogens is 216 g/mol. The number of aliphatic carboxylic acids is 1. The lowest BCUT2D eigenvalue weighted by molar-refractivity contribution is -0.152. The molecule has 0 bridgehead atoms. The molecule has 0 aromatic rings. The molecule has 2 unspecified atom stereocenters. The van der Waals surface area contributed by atoms with Crippen LogP contribution in [0.1, 0.15) is 6.42 Å². The molecule has 0 aromatic carbocycles. The molecule has 0 radical (unpaired) electrons. The predicted octanol–water partition coefficient (Wildman–Crippen LogP) is -0.0205. The summed E-state index contributed by atoms with van der Waals surface area (Å²) in [5.74, 6) is -3.30. The van der Waals surface area contributed by atoms with Crippen molar-refractivity contribution in [2.24, 2.45) is 11.8 Å². The largest absolute Gasteiger partial charge is 0.481 e. The first-order valence-corrected chi connectivity index (χ1v) is 4.75. The van der Waals surface area contributed by atoms with Crippen molar-refractivity contribution < 1.29 is 29.0 Å². The van der Waals surface area contributed by atoms with Crippen LogP contribution in [0.3, 0.4) is 0 Å². The molecule has 16 heavy (non-hydrogen) atoms. The maximum absolute atomic E-state index is 11.2. The summed E-state index contributed by atoms with van der Waals surface area (Å²) in [4.78, 5) is 32.2. The van der Waals surface area contributed by atoms with Gasteiger partial charge in [-0.3, -0.25) is 9.59 Å². The van der Waals surface area contributed by atoms with Crippen LogP contribution in [0.2, 0.25) is 0 Å². The second-order valence-corrected chi connectivity index (χ2v) is 3.33. The zero-order chi connectivity index (χ0) is 12.1. The normalized spacial score (nSPS) is 22.0. The summed E-state index contributed by atoms with van der Waals surface area (Å²) in [7, 11) is 0. The molecule has 2 atom stereocenters. The monoisotopic (exact) mass is 228 g/mol. The lowest BCUT2D eigenvalue weighted by Gasteiger charge is -2.03. The van der Waals surface area contributed by atoms with E-state index in [0.29, 0.717) is 6.42 Å². The van der Waals surface area contributed by atoms with E-state index in [1.165, 1.54) is 0 Å². The lowest BCUT2D eigenvalue weighted by Crippen LogP contribution is -2.15. The van der Waals surface area contributed by atoms with Crippen LogP contribution in [0.4, 0.5) is 0 Å². The fourth-order valence-corrected chi connectivity index (χ4v) is 1.18. The molecule has 1 N–H and O–H groups in total. The van der Waals surface area contributed by atoms with Crippen molar-refractivity contribution in [2.75, 3.05) is 13.2 Å². The van der Waals surface area contributed by atoms with Crippen molar-refractivity contribution in [3.8, 4) is 0 Å². The third-order valence-corrected chi connectivity index (χ3v) is 2.15. The van der Waals surface area contributed by atoms with E-state index in [0.717, 1.165) is 6.08 Å². The van der Waals surface area contributed by atoms with Gasteiger partial charge in [-0.1, -0.05) is 6.58 Å². The second kappa shape index (κ2) is 5.29. The first kappa shape index (κ1) is 12.2. The summed E-state index contributed by atoms with van der Waals surface area (Å²) in [6.45, 7) is 3.07. The number of carboxylic acid groups (broad SMARTS) is 1. The number of carboxylic acids is 1. The van der Waals surface area contributed by atoms with Crippen molar-refractivity contribution in [3.63, 3.8) is 0 Å². The molecule has 6 heteroatoms. The Balaban J connectivity index is 2.10. The molecule has 88 valence electrons. The lowest BCUT2D eigenvalue weighted by atomic mass is 10.3. The first-order valence-electron chi connectivity index (χ1n) is 4.75. The topological polar surface area (TPSA) is 89.9 Å². The van der Waals surface area contributed by atoms with Gasteiger partial charge < -0.3 is 14.6 Å². The average Bonchev–Trinajstić information content (AvgIpc) is 3.03. The van der Waals surface area contributed by atoms with Crippen molar-refractivity contribution in [1.82, 2.24) is 0 Å². The van der Waals surface area contributed by atoms with Crippen LogP contribution in [0.15, 0.2) is 12.7 Å². The number of ether oxygens (including phenoxy) is 2. The number of rotatable bonds is 6. The highest BCUT2D eigenvalue weighted by molar-refractivity contribution is 5.86. The fraction of sp³-hybridized carbons (Fsp3) is 0.500. The van der Waals surface area contributed by atoms with Gasteiger partial charge in [0.15, 0.2) is 0 Å². The predicted molar refractivity (Wildman–Crippen MR) is 51.3 cm³/mol. The molecule has 1 aliphatic rings. The smallest absolute Gasteiger partial charge is 0.330 e. The van der Waals surface area contributed by atoms with Gasteiger partial charge in [-0.05, 0) is 6.42 Å². The maximum atomic E-state index is 11.2. The summed E-state index contributed by atoms with van der Waals surface area (Å²) in [5, 5.41) is 8.56. The van der Waals surface area contributed by atoms with Crippen molar-refractivity contribution in [3.05, 3.63) is 12.7 Å². The van der Waals surface area contributed by atoms with Gasteiger partial charge in [0, 0.05) is 6.08 Å². The van der Waals surface area contributed by atoms with E-state index in [-0.39, 0.29) is 13.2 Å². The highest BCUT2D eigenvalue weighted by atomic mass is 16.6. The van der Waals surface area contributed by atoms with E-state index in [9.17, 15) is 14.4 Å². The summed E-state index contributed by atoms with van der Waals surface area (Å²) in [6, 6.07) is 0. The summed E-state index contributed by atoms with van der Waals surface area (Å²) in [5.41, 5.74) is 0. The van der Waals surface area contributed by atoms with Crippen LogP contribution >= 0.6 is 0 Å². The van der Waals surface area contributed by atoms with E-state index < -0.39 is 29.7 Å². The molecule has 1 fully saturated rings. The van der Waals surface area contributed by atoms with Crippen LogP contribution in [0.25, 0.3) is 0 Å². The third-order valence-electron chi connectivity index (χ3n) is 2.15. The van der Waals surface area contributed by atoms with Crippen LogP contribution in [-0.4, -0.2) is 36.2 Å². The summed E-state index contributed by atoms with van der Waals surface area (Å²) < 4.78 is 9.29. The molecule has 0 aromatic heterocycles. The first-order chi connectivity index (χ1) is 7.56. The van der Waals surface area contributed by atoms with Crippen molar-refractivity contribution in [1.29, 1.82) is 0 Å². The third kappa shape index (κ3) is 3.38. The molecule has 0 spiro atoms. The van der Waals surface area contributed by atoms with E-state index in [1.807, 2.05) is 0 Å². The molecule has 0 amide bonds. The minimum Gasteiger partial charge on any atom is -0.481 e. The zero-order valence-electron chi connectivity index (χ0n) is 8.55. The molecule has 1 rings (SSSR count). The Morgan fingerprint density at radius 3 is 2.38 bits per heavy atom. The van der Waals surface area contributed by atoms with Crippen LogP contribution in [0, 0.1) is 11.8 Å². The average molecular weight is 228 g/mol. The Hall–Kier alpha value is -1.85. The van der Waals surface area contributed by atoms with E-state index >= 15 is 0 Å². The highest BCUT2D eigenvalue weighted by Crippen LogP contribution is 2.39. The maximum Gasteiger partial charge on any atom is 0.330 e. The van der Waals surface area contributed by atoms with Crippen LogP contribution in [0.5, 0.6) is 0 Å². The van der Waals surface area contributed by atoms with Gasteiger partial charge in [-0.2, -0.15) is 0 Å². The Morgan fingerprint density at radius 1 is 1.25 bits per heavy atom. The van der Waals surface area contributed by atoms with Gasteiger partial charge in [0.25, 0.3) is 0 Å². The molecule has 0 heterocycles. The number of esters is 2. The molecule has 0 aliphatic heterocycles. The number of hydrogen-bond donors (Lipinski definition) is 1. The van der Waals surface area contributed by atoms with Crippen molar-refractivity contribution in [2.45, 2.75) is 6.42 Å². The zero-order valence-corrected chi connectivity index (χ0v) is 8.55. The standard InChI is InChI=1S/C10H12O6/c1-2-8(11)15-3-4-16-10(14)7-5-6(7)9(12)13/h2,6-7H,1,3-5H2,(H,12,13). The van der Waals surface area contributed by atoms with Gasteiger partial charge in [-0.25, -0.2) is 4.79 Å². The minimum atomic E-state index is -0.986. The Morgan fingerprint density at radius 2 is 1.88 bits per heavy atom. The van der Waals surface area contributed by atoms with Gasteiger partial charge in [0.05, 0.1) is 11.8 Å². The molecular formula is C10H12O6. The molecule has 1 aliphatic carbocycles. The Bertz CT molecular complexity index is 321. The number of hydrogen-bond acceptors (Lipinski definition) is 5. The number of carbonyl (C=O) groups excluding carboxylic acids is 2. The molecule has 1 saturated carbocycles. The molecule has 0 saturated heterocycles. The second-order valence-electron chi connectivity index (χ2n) is 3.33. The van der Waals surface area contributed by atoms with Crippen LogP contribution in [-0.2, 0) is 23.9 Å². The van der Waals surface area contributed by atoms with E-state index in [4.69, 9.17) is 9.84 Å². The minimum absolute atomic E-state index is 0.0545. The summed E-state index contributed by atoms with van der Waals surface area (Å²) >= 11 is 0. The number of carbonyl (C=O) groups is 3. The highest BCUT2D eigenvalue weighted by Gasteiger charge is 2.49. The quantitative estimate of drug-likeness (QED) is 0.390. The fourth-order valence-electron chi connectivity index (χ4n) is 1.18. The van der Waals surface area contributed by atoms with Gasteiger partial charge in [0.1, 0.15) is 13.2 Å². The molecule has 6 nitrogen and oxygen atoms in total. The van der Waals surface area contributed by atoms with Gasteiger partial charge in [-0.15, -0.1) is 0 Å². The Labute approximate surface area is 91.8 Å². The van der Waals surface area contributed by atoms with E-state index in [2.05, 4.69) is 11.3 Å². The van der Waals surface area contributed by atoms with Gasteiger partial charge >= 0.3 is 17.9 Å².